The number of pyridine rings is 1. The number of hydrogen-bond acceptors (Lipinski definition) is 7. The first-order valence-corrected chi connectivity index (χ1v) is 11.5. The number of nitrogens with one attached hydrogen (secondary N) is 4. The van der Waals surface area contributed by atoms with Crippen molar-refractivity contribution in [2.24, 2.45) is 0 Å². The Morgan fingerprint density at radius 2 is 2.00 bits per heavy atom. The van der Waals surface area contributed by atoms with Gasteiger partial charge in [-0.3, -0.25) is 14.9 Å². The van der Waals surface area contributed by atoms with Gasteiger partial charge in [0.05, 0.1) is 18.2 Å². The van der Waals surface area contributed by atoms with Crippen LogP contribution in [0.15, 0.2) is 48.8 Å². The first kappa shape index (κ1) is 21.5. The van der Waals surface area contributed by atoms with Crippen molar-refractivity contribution >= 4 is 11.6 Å². The highest BCUT2D eigenvalue weighted by atomic mass is 16.5. The van der Waals surface area contributed by atoms with Gasteiger partial charge in [-0.2, -0.15) is 5.10 Å². The first-order chi connectivity index (χ1) is 16.2. The zero-order valence-electron chi connectivity index (χ0n) is 18.5. The fourth-order valence-corrected chi connectivity index (χ4v) is 4.52. The number of aromatic nitrogens is 4. The lowest BCUT2D eigenvalue weighted by Crippen LogP contribution is -2.46. The van der Waals surface area contributed by atoms with E-state index in [4.69, 9.17) is 9.72 Å². The normalized spacial score (nSPS) is 20.2. The van der Waals surface area contributed by atoms with E-state index >= 15 is 0 Å². The van der Waals surface area contributed by atoms with Crippen LogP contribution in [0, 0.1) is 0 Å². The highest BCUT2D eigenvalue weighted by molar-refractivity contribution is 5.95. The average molecular weight is 448 g/mol. The van der Waals surface area contributed by atoms with Crippen LogP contribution in [0.5, 0.6) is 0 Å². The van der Waals surface area contributed by atoms with Gasteiger partial charge in [0, 0.05) is 35.8 Å². The fourth-order valence-electron chi connectivity index (χ4n) is 4.52. The third-order valence-electron chi connectivity index (χ3n) is 6.34. The maximum Gasteiger partial charge on any atom is 0.251 e. The molecule has 5 rings (SSSR count). The molecule has 1 atom stereocenters. The largest absolute Gasteiger partial charge is 0.379 e. The summed E-state index contributed by atoms with van der Waals surface area (Å²) in [5.41, 5.74) is 2.02. The summed E-state index contributed by atoms with van der Waals surface area (Å²) >= 11 is 0. The Balaban J connectivity index is 1.37. The molecule has 0 bridgehead atoms. The molecule has 172 valence electrons. The van der Waals surface area contributed by atoms with Gasteiger partial charge in [0.2, 0.25) is 0 Å². The summed E-state index contributed by atoms with van der Waals surface area (Å²) in [6.45, 7) is 3.07. The van der Waals surface area contributed by atoms with Crippen LogP contribution < -0.4 is 16.0 Å². The first-order valence-electron chi connectivity index (χ1n) is 11.5. The molecule has 2 aliphatic heterocycles. The Morgan fingerprint density at radius 1 is 1.15 bits per heavy atom. The summed E-state index contributed by atoms with van der Waals surface area (Å²) in [4.78, 5) is 21.7. The number of nitrogens with zero attached hydrogens (tertiary/aromatic N) is 3. The van der Waals surface area contributed by atoms with Crippen molar-refractivity contribution in [3.63, 3.8) is 0 Å². The Kier molecular flexibility index (Phi) is 6.32. The van der Waals surface area contributed by atoms with Crippen LogP contribution in [0.3, 0.4) is 0 Å². The summed E-state index contributed by atoms with van der Waals surface area (Å²) in [6, 6.07) is 11.5. The minimum Gasteiger partial charge on any atom is -0.379 e. The summed E-state index contributed by atoms with van der Waals surface area (Å²) in [7, 11) is 0. The lowest BCUT2D eigenvalue weighted by atomic mass is 9.87. The summed E-state index contributed by atoms with van der Waals surface area (Å²) in [5.74, 6) is 1.37. The van der Waals surface area contributed by atoms with E-state index in [2.05, 4.69) is 31.1 Å². The molecule has 1 amide bonds. The van der Waals surface area contributed by atoms with E-state index in [0.717, 1.165) is 62.5 Å². The second-order valence-corrected chi connectivity index (χ2v) is 8.67. The second-order valence-electron chi connectivity index (χ2n) is 8.67. The molecule has 0 aliphatic carbocycles. The molecule has 4 heterocycles. The highest BCUT2D eigenvalue weighted by Gasteiger charge is 2.37. The molecule has 33 heavy (non-hydrogen) atoms. The van der Waals surface area contributed by atoms with Crippen molar-refractivity contribution in [3.05, 3.63) is 60.2 Å². The van der Waals surface area contributed by atoms with Gasteiger partial charge in [-0.05, 0) is 69.1 Å². The number of piperidine rings is 1. The molecule has 9 nitrogen and oxygen atoms in total. The Morgan fingerprint density at radius 3 is 2.79 bits per heavy atom. The highest BCUT2D eigenvalue weighted by Crippen LogP contribution is 2.33. The van der Waals surface area contributed by atoms with Gasteiger partial charge in [0.1, 0.15) is 0 Å². The van der Waals surface area contributed by atoms with Gasteiger partial charge in [0.15, 0.2) is 11.6 Å². The van der Waals surface area contributed by atoms with Crippen LogP contribution in [0.2, 0.25) is 0 Å². The molecule has 0 unspecified atom stereocenters. The molecule has 4 N–H and O–H groups in total. The van der Waals surface area contributed by atoms with Crippen LogP contribution in [0.4, 0.5) is 5.69 Å². The number of rotatable bonds is 6. The molecular formula is C24H29N7O2. The summed E-state index contributed by atoms with van der Waals surface area (Å²) in [5, 5.41) is 17.8. The van der Waals surface area contributed by atoms with Crippen molar-refractivity contribution in [1.82, 2.24) is 30.8 Å². The molecule has 0 radical (unpaired) electrons. The molecule has 2 fully saturated rings. The molecule has 2 aromatic heterocycles. The number of anilines is 1. The predicted octanol–water partition coefficient (Wildman–Crippen LogP) is 2.47. The van der Waals surface area contributed by atoms with Crippen LogP contribution in [-0.4, -0.2) is 58.4 Å². The van der Waals surface area contributed by atoms with Crippen LogP contribution in [0.25, 0.3) is 11.4 Å². The van der Waals surface area contributed by atoms with Gasteiger partial charge >= 0.3 is 0 Å². The fraction of sp³-hybridized carbons (Fsp3) is 0.417. The Labute approximate surface area is 192 Å². The molecule has 9 heteroatoms. The third-order valence-corrected chi connectivity index (χ3v) is 6.34. The van der Waals surface area contributed by atoms with Crippen molar-refractivity contribution in [1.29, 1.82) is 0 Å². The van der Waals surface area contributed by atoms with Gasteiger partial charge < -0.3 is 20.7 Å². The van der Waals surface area contributed by atoms with E-state index in [1.807, 2.05) is 36.4 Å². The molecule has 0 saturated carbocycles. The molecule has 1 aromatic carbocycles. The maximum absolute atomic E-state index is 12.8. The summed E-state index contributed by atoms with van der Waals surface area (Å²) in [6.07, 6.45) is 7.08. The van der Waals surface area contributed by atoms with Gasteiger partial charge in [-0.15, -0.1) is 0 Å². The summed E-state index contributed by atoms with van der Waals surface area (Å²) < 4.78 is 5.49. The number of aromatic amines is 1. The van der Waals surface area contributed by atoms with Crippen LogP contribution in [0.1, 0.15) is 41.9 Å². The van der Waals surface area contributed by atoms with Crippen molar-refractivity contribution in [2.45, 2.75) is 37.3 Å². The van der Waals surface area contributed by atoms with Gasteiger partial charge in [-0.25, -0.2) is 4.98 Å². The van der Waals surface area contributed by atoms with Crippen molar-refractivity contribution in [2.75, 3.05) is 31.6 Å². The monoisotopic (exact) mass is 447 g/mol. The number of carbonyl (C=O) groups excluding carboxylic acids is 1. The predicted molar refractivity (Wildman–Crippen MR) is 125 cm³/mol. The Bertz CT molecular complexity index is 1070. The Hall–Kier alpha value is -3.30. The minimum atomic E-state index is -0.407. The van der Waals surface area contributed by atoms with E-state index in [9.17, 15) is 4.79 Å². The molecule has 3 aromatic rings. The number of benzene rings is 1. The standard InChI is InChI=1S/C24H29N7O2/c32-22(27-20-5-2-14-33-16-20)18-3-1-4-19(15-18)29-24(8-12-26-13-9-24)23-28-21(30-31-23)17-6-10-25-11-7-17/h1,3-4,6-7,10-11,15,20,26,29H,2,5,8-9,12-14,16H2,(H,27,32)(H,28,30,31)/t20-/m0/s1. The molecule has 0 spiro atoms. The van der Waals surface area contributed by atoms with E-state index in [1.54, 1.807) is 12.4 Å². The van der Waals surface area contributed by atoms with E-state index in [1.165, 1.54) is 0 Å². The van der Waals surface area contributed by atoms with Gasteiger partial charge in [0.25, 0.3) is 5.91 Å². The van der Waals surface area contributed by atoms with E-state index < -0.39 is 5.54 Å². The SMILES string of the molecule is O=C(N[C@H]1CCCOC1)c1cccc(NC2(c3nc(-c4ccncc4)n[nH]3)CCNCC2)c1. The topological polar surface area (TPSA) is 117 Å². The zero-order chi connectivity index (χ0) is 22.5. The smallest absolute Gasteiger partial charge is 0.251 e. The number of hydrogen-bond donors (Lipinski definition) is 4. The van der Waals surface area contributed by atoms with Crippen molar-refractivity contribution in [3.8, 4) is 11.4 Å². The zero-order valence-corrected chi connectivity index (χ0v) is 18.5. The number of amides is 1. The number of carbonyl (C=O) groups is 1. The second kappa shape index (κ2) is 9.68. The lowest BCUT2D eigenvalue weighted by molar-refractivity contribution is 0.0624. The molecule has 2 saturated heterocycles. The maximum atomic E-state index is 12.8. The van der Waals surface area contributed by atoms with Crippen LogP contribution in [-0.2, 0) is 10.3 Å². The molecule has 2 aliphatic rings. The van der Waals surface area contributed by atoms with E-state index in [0.29, 0.717) is 18.0 Å². The third kappa shape index (κ3) is 4.89. The quantitative estimate of drug-likeness (QED) is 0.459. The van der Waals surface area contributed by atoms with Crippen LogP contribution >= 0.6 is 0 Å². The minimum absolute atomic E-state index is 0.0689. The number of H-pyrrole nitrogens is 1. The van der Waals surface area contributed by atoms with Crippen molar-refractivity contribution < 1.29 is 9.53 Å². The van der Waals surface area contributed by atoms with E-state index in [-0.39, 0.29) is 11.9 Å². The number of ether oxygens (including phenoxy) is 1. The molecular weight excluding hydrogens is 418 g/mol. The average Bonchev–Trinajstić information content (AvgIpc) is 3.37. The lowest BCUT2D eigenvalue weighted by Gasteiger charge is -2.37. The van der Waals surface area contributed by atoms with Gasteiger partial charge in [-0.1, -0.05) is 6.07 Å².